The summed E-state index contributed by atoms with van der Waals surface area (Å²) in [4.78, 5) is 14.4. The molecule has 3 N–H and O–H groups in total. The molecule has 0 aromatic carbocycles. The first-order valence-corrected chi connectivity index (χ1v) is 7.17. The number of nitrogens with one attached hydrogen (secondary N) is 1. The van der Waals surface area contributed by atoms with Crippen LogP contribution in [0.3, 0.4) is 0 Å². The van der Waals surface area contributed by atoms with Gasteiger partial charge < -0.3 is 11.1 Å². The van der Waals surface area contributed by atoms with Crippen LogP contribution >= 0.6 is 0 Å². The lowest BCUT2D eigenvalue weighted by atomic mass is 9.90. The van der Waals surface area contributed by atoms with Crippen molar-refractivity contribution >= 4 is 5.91 Å². The standard InChI is InChI=1S/C14H25N5O/c1-5-11(15)12(10-8-17-18(4)9-10)19-7-6-16-13(20)14(19,2)3/h8-9,11-12H,5-7,15H2,1-4H3,(H,16,20). The predicted molar refractivity (Wildman–Crippen MR) is 78.0 cm³/mol. The molecule has 1 amide bonds. The Hall–Kier alpha value is -1.40. The molecule has 20 heavy (non-hydrogen) atoms. The molecule has 1 aliphatic heterocycles. The number of carbonyl (C=O) groups is 1. The van der Waals surface area contributed by atoms with Crippen LogP contribution in [0, 0.1) is 0 Å². The van der Waals surface area contributed by atoms with Crippen LogP contribution in [0.1, 0.15) is 38.8 Å². The second-order valence-corrected chi connectivity index (χ2v) is 5.97. The molecule has 2 atom stereocenters. The van der Waals surface area contributed by atoms with E-state index in [4.69, 9.17) is 5.73 Å². The molecule has 0 spiro atoms. The Labute approximate surface area is 120 Å². The van der Waals surface area contributed by atoms with Crippen LogP contribution in [0.4, 0.5) is 0 Å². The number of amides is 1. The van der Waals surface area contributed by atoms with E-state index in [1.165, 1.54) is 0 Å². The Balaban J connectivity index is 2.38. The number of carbonyl (C=O) groups excluding carboxylic acids is 1. The van der Waals surface area contributed by atoms with Gasteiger partial charge in [-0.2, -0.15) is 5.10 Å². The lowest BCUT2D eigenvalue weighted by Crippen LogP contribution is -2.64. The number of nitrogens with zero attached hydrogens (tertiary/aromatic N) is 3. The summed E-state index contributed by atoms with van der Waals surface area (Å²) in [7, 11) is 1.89. The van der Waals surface area contributed by atoms with E-state index in [0.29, 0.717) is 6.54 Å². The zero-order valence-corrected chi connectivity index (χ0v) is 12.8. The zero-order valence-electron chi connectivity index (χ0n) is 12.8. The maximum absolute atomic E-state index is 12.2. The highest BCUT2D eigenvalue weighted by Crippen LogP contribution is 2.32. The number of aromatic nitrogens is 2. The van der Waals surface area contributed by atoms with Gasteiger partial charge in [-0.05, 0) is 20.3 Å². The first-order valence-electron chi connectivity index (χ1n) is 7.17. The van der Waals surface area contributed by atoms with Crippen LogP contribution < -0.4 is 11.1 Å². The van der Waals surface area contributed by atoms with Gasteiger partial charge in [0.15, 0.2) is 0 Å². The van der Waals surface area contributed by atoms with Crippen molar-refractivity contribution in [2.24, 2.45) is 12.8 Å². The average Bonchev–Trinajstić information content (AvgIpc) is 2.81. The lowest BCUT2D eigenvalue weighted by Gasteiger charge is -2.47. The predicted octanol–water partition coefficient (Wildman–Crippen LogP) is 0.409. The van der Waals surface area contributed by atoms with Gasteiger partial charge in [-0.15, -0.1) is 0 Å². The molecule has 112 valence electrons. The van der Waals surface area contributed by atoms with Crippen LogP contribution in [0.25, 0.3) is 0 Å². The van der Waals surface area contributed by atoms with E-state index in [9.17, 15) is 4.79 Å². The minimum Gasteiger partial charge on any atom is -0.353 e. The van der Waals surface area contributed by atoms with E-state index in [0.717, 1.165) is 18.5 Å². The van der Waals surface area contributed by atoms with Gasteiger partial charge in [-0.1, -0.05) is 6.92 Å². The molecule has 6 heteroatoms. The summed E-state index contributed by atoms with van der Waals surface area (Å²) in [6, 6.07) is -0.0147. The van der Waals surface area contributed by atoms with Crippen LogP contribution in [-0.4, -0.2) is 45.3 Å². The number of aryl methyl sites for hydroxylation is 1. The van der Waals surface area contributed by atoms with Crippen molar-refractivity contribution in [2.45, 2.75) is 44.8 Å². The fourth-order valence-corrected chi connectivity index (χ4v) is 2.88. The number of piperazine rings is 1. The molecule has 2 heterocycles. The van der Waals surface area contributed by atoms with Crippen LogP contribution in [-0.2, 0) is 11.8 Å². The molecule has 1 fully saturated rings. The third-order valence-electron chi connectivity index (χ3n) is 4.19. The highest BCUT2D eigenvalue weighted by atomic mass is 16.2. The molecule has 2 rings (SSSR count). The number of rotatable bonds is 4. The summed E-state index contributed by atoms with van der Waals surface area (Å²) in [5, 5.41) is 7.18. The monoisotopic (exact) mass is 279 g/mol. The number of hydrogen-bond donors (Lipinski definition) is 2. The SMILES string of the molecule is CCC(N)C(c1cnn(C)c1)N1CCNC(=O)C1(C)C. The van der Waals surface area contributed by atoms with Crippen molar-refractivity contribution in [1.29, 1.82) is 0 Å². The third kappa shape index (κ3) is 2.58. The summed E-state index contributed by atoms with van der Waals surface area (Å²) >= 11 is 0. The zero-order chi connectivity index (χ0) is 14.9. The highest BCUT2D eigenvalue weighted by Gasteiger charge is 2.43. The normalized spacial score (nSPS) is 22.4. The molecule has 0 aliphatic carbocycles. The van der Waals surface area contributed by atoms with Crippen LogP contribution in [0.2, 0.25) is 0 Å². The molecule has 1 aromatic heterocycles. The van der Waals surface area contributed by atoms with Crippen molar-refractivity contribution < 1.29 is 4.79 Å². The van der Waals surface area contributed by atoms with Gasteiger partial charge in [0.25, 0.3) is 0 Å². The first kappa shape index (κ1) is 15.0. The van der Waals surface area contributed by atoms with Crippen LogP contribution in [0.15, 0.2) is 12.4 Å². The topological polar surface area (TPSA) is 76.2 Å². The Bertz CT molecular complexity index is 482. The molecule has 6 nitrogen and oxygen atoms in total. The van der Waals surface area contributed by atoms with E-state index >= 15 is 0 Å². The number of hydrogen-bond acceptors (Lipinski definition) is 4. The quantitative estimate of drug-likeness (QED) is 0.837. The molecule has 0 saturated carbocycles. The van der Waals surface area contributed by atoms with Gasteiger partial charge in [0.05, 0.1) is 17.8 Å². The Morgan fingerprint density at radius 2 is 2.25 bits per heavy atom. The Morgan fingerprint density at radius 1 is 1.55 bits per heavy atom. The van der Waals surface area contributed by atoms with Crippen molar-refractivity contribution in [2.75, 3.05) is 13.1 Å². The summed E-state index contributed by atoms with van der Waals surface area (Å²) in [5.41, 5.74) is 6.86. The van der Waals surface area contributed by atoms with Gasteiger partial charge in [-0.25, -0.2) is 0 Å². The summed E-state index contributed by atoms with van der Waals surface area (Å²) in [5.74, 6) is 0.0564. The third-order valence-corrected chi connectivity index (χ3v) is 4.19. The molecule has 2 unspecified atom stereocenters. The smallest absolute Gasteiger partial charge is 0.240 e. The van der Waals surface area contributed by atoms with Gasteiger partial charge in [0.2, 0.25) is 5.91 Å². The Morgan fingerprint density at radius 3 is 2.80 bits per heavy atom. The van der Waals surface area contributed by atoms with Crippen molar-refractivity contribution in [3.63, 3.8) is 0 Å². The second kappa shape index (κ2) is 5.54. The Kier molecular flexibility index (Phi) is 4.15. The molecule has 1 aliphatic rings. The highest BCUT2D eigenvalue weighted by molar-refractivity contribution is 5.86. The van der Waals surface area contributed by atoms with Crippen molar-refractivity contribution in [3.05, 3.63) is 18.0 Å². The minimum absolute atomic E-state index is 0.00903. The fraction of sp³-hybridized carbons (Fsp3) is 0.714. The summed E-state index contributed by atoms with van der Waals surface area (Å²) in [6.07, 6.45) is 4.69. The summed E-state index contributed by atoms with van der Waals surface area (Å²) in [6.45, 7) is 7.44. The van der Waals surface area contributed by atoms with E-state index in [-0.39, 0.29) is 18.0 Å². The number of nitrogens with two attached hydrogens (primary N) is 1. The molecule has 1 aromatic rings. The first-order chi connectivity index (χ1) is 9.37. The lowest BCUT2D eigenvalue weighted by molar-refractivity contribution is -0.137. The van der Waals surface area contributed by atoms with Gasteiger partial charge >= 0.3 is 0 Å². The maximum Gasteiger partial charge on any atom is 0.240 e. The van der Waals surface area contributed by atoms with Crippen LogP contribution in [0.5, 0.6) is 0 Å². The average molecular weight is 279 g/mol. The van der Waals surface area contributed by atoms with Gasteiger partial charge in [0.1, 0.15) is 0 Å². The largest absolute Gasteiger partial charge is 0.353 e. The second-order valence-electron chi connectivity index (χ2n) is 5.97. The van der Waals surface area contributed by atoms with E-state index in [1.54, 1.807) is 4.68 Å². The molecule has 1 saturated heterocycles. The minimum atomic E-state index is -0.564. The fourth-order valence-electron chi connectivity index (χ4n) is 2.88. The van der Waals surface area contributed by atoms with E-state index < -0.39 is 5.54 Å². The molecular weight excluding hydrogens is 254 g/mol. The molecular formula is C14H25N5O. The van der Waals surface area contributed by atoms with E-state index in [1.807, 2.05) is 33.3 Å². The molecule has 0 bridgehead atoms. The molecule has 0 radical (unpaired) electrons. The van der Waals surface area contributed by atoms with E-state index in [2.05, 4.69) is 22.2 Å². The van der Waals surface area contributed by atoms with Gasteiger partial charge in [-0.3, -0.25) is 14.4 Å². The van der Waals surface area contributed by atoms with Gasteiger partial charge in [0, 0.05) is 37.9 Å². The van der Waals surface area contributed by atoms with Crippen molar-refractivity contribution in [1.82, 2.24) is 20.0 Å². The summed E-state index contributed by atoms with van der Waals surface area (Å²) < 4.78 is 1.78. The maximum atomic E-state index is 12.2. The van der Waals surface area contributed by atoms with Crippen molar-refractivity contribution in [3.8, 4) is 0 Å².